The molecule has 0 aromatic carbocycles. The van der Waals surface area contributed by atoms with E-state index < -0.39 is 95.7 Å². The molecular weight excluding hydrogens is 735 g/mol. The predicted molar refractivity (Wildman–Crippen MR) is 113 cm³/mol. The summed E-state index contributed by atoms with van der Waals surface area (Å²) in [6.07, 6.45) is -1.53. The number of nitrogens with zero attached hydrogens (tertiary/aromatic N) is 3. The van der Waals surface area contributed by atoms with Crippen molar-refractivity contribution >= 4 is 45.0 Å². The molecule has 0 saturated carbocycles. The molecule has 0 aromatic rings. The van der Waals surface area contributed by atoms with Crippen LogP contribution in [-0.2, 0) is 33.1 Å². The van der Waals surface area contributed by atoms with Gasteiger partial charge in [-0.3, -0.25) is 19.5 Å². The van der Waals surface area contributed by atoms with Crippen LogP contribution >= 0.6 is 15.2 Å². The molecule has 20 nitrogen and oxygen atoms in total. The minimum absolute atomic E-state index is 0. The molecule has 2 N–H and O–H groups in total. The summed E-state index contributed by atoms with van der Waals surface area (Å²) in [5.74, 6) is -7.67. The van der Waals surface area contributed by atoms with Crippen LogP contribution in [0.25, 0.3) is 0 Å². The standard InChI is InChI=1S/C17H32N4O16P2.Gd/c22-12(18-2-1-17(31,38(32,33)34)39(35,36)37)7-20(9-14(25)26)5-3-19(8-13(23)24)4-6-21(10-15(27)28)11-16(29)30;/h31H,1-11H2,(H,18,22)(H,23,24)(H,25,26)(H,27,28)(H,29,30)(H2,32,33,34)(H2,35,36,37);/q;+3/p-3. The van der Waals surface area contributed by atoms with Gasteiger partial charge < -0.3 is 78.7 Å². The summed E-state index contributed by atoms with van der Waals surface area (Å²) in [5, 5.41) is 50.8. The Morgan fingerprint density at radius 1 is 0.650 bits per heavy atom. The van der Waals surface area contributed by atoms with Gasteiger partial charge in [0.05, 0.1) is 30.4 Å². The number of aliphatic carboxylic acids is 4. The first-order chi connectivity index (χ1) is 17.7. The van der Waals surface area contributed by atoms with E-state index in [-0.39, 0.29) is 73.3 Å². The van der Waals surface area contributed by atoms with Crippen LogP contribution in [0.1, 0.15) is 13.6 Å². The molecule has 0 fully saturated rings. The zero-order valence-electron chi connectivity index (χ0n) is 25.4. The van der Waals surface area contributed by atoms with E-state index in [1.54, 1.807) is 0 Å². The third-order valence-electron chi connectivity index (χ3n) is 4.90. The van der Waals surface area contributed by atoms with Gasteiger partial charge in [-0.1, -0.05) is 0 Å². The van der Waals surface area contributed by atoms with Crippen LogP contribution in [0.5, 0.6) is 0 Å². The summed E-state index contributed by atoms with van der Waals surface area (Å²) in [5.41, 5.74) is 0. The normalized spacial score (nSPS) is 12.3. The van der Waals surface area contributed by atoms with Gasteiger partial charge in [-0.25, -0.2) is 0 Å². The topological polar surface area (TPSA) is 346 Å². The molecule has 0 rings (SSSR count). The third-order valence-corrected chi connectivity index (χ3v) is 8.57. The van der Waals surface area contributed by atoms with Crippen molar-refractivity contribution in [2.24, 2.45) is 0 Å². The molecule has 40 heavy (non-hydrogen) atoms. The number of amides is 1. The second-order valence-electron chi connectivity index (χ2n) is 8.05. The number of carbonyl (C=O) groups excluding carboxylic acids is 5. The summed E-state index contributed by atoms with van der Waals surface area (Å²) < 4.78 is 22.1. The van der Waals surface area contributed by atoms with Crippen LogP contribution in [0, 0.1) is 39.9 Å². The van der Waals surface area contributed by atoms with Gasteiger partial charge in [0.1, 0.15) is 5.08 Å². The maximum absolute atomic E-state index is 12.1. The molecule has 0 unspecified atom stereocenters. The van der Waals surface area contributed by atoms with Gasteiger partial charge in [-0.15, -0.1) is 0 Å². The minimum atomic E-state index is -6.39. The van der Waals surface area contributed by atoms with Crippen molar-refractivity contribution < 1.29 is 125 Å². The maximum atomic E-state index is 12.1. The smallest absolute Gasteiger partial charge is 0.808 e. The van der Waals surface area contributed by atoms with Gasteiger partial charge in [-0.2, -0.15) is 0 Å². The fourth-order valence-electron chi connectivity index (χ4n) is 3.05. The SMILES string of the molecule is O=C([O-])CN(CCN(CC(=O)[O-])CC(=O)[O-])CCN(CC(=O)[O-])CC(=O)NCCC(O)(P(=O)([O-])[O-])P(=O)([O-])[O-].[Gd+3].[H+].[H+].[H+].[H+].[H+]. The van der Waals surface area contributed by atoms with Crippen molar-refractivity contribution in [2.75, 3.05) is 65.4 Å². The number of carbonyl (C=O) groups is 5. The fraction of sp³-hybridized carbons (Fsp3) is 0.706. The molecular formula is C17H29GdN4O16P2. The summed E-state index contributed by atoms with van der Waals surface area (Å²) in [6, 6.07) is 0. The molecule has 0 aromatic heterocycles. The number of hydrogen-bond acceptors (Lipinski definition) is 19. The van der Waals surface area contributed by atoms with E-state index in [2.05, 4.69) is 0 Å². The van der Waals surface area contributed by atoms with Crippen molar-refractivity contribution in [2.45, 2.75) is 11.5 Å². The minimum Gasteiger partial charge on any atom is -0.808 e. The molecule has 0 bridgehead atoms. The molecule has 231 valence electrons. The number of aliphatic hydroxyl groups is 1. The van der Waals surface area contributed by atoms with Crippen molar-refractivity contribution in [3.63, 3.8) is 0 Å². The van der Waals surface area contributed by atoms with E-state index in [4.69, 9.17) is 0 Å². The van der Waals surface area contributed by atoms with E-state index in [0.29, 0.717) is 0 Å². The molecule has 0 heterocycles. The van der Waals surface area contributed by atoms with E-state index >= 15 is 0 Å². The quantitative estimate of drug-likeness (QED) is 0.102. The molecule has 1 amide bonds. The van der Waals surface area contributed by atoms with Crippen LogP contribution in [0.4, 0.5) is 0 Å². The molecule has 0 saturated heterocycles. The van der Waals surface area contributed by atoms with Crippen LogP contribution < -0.4 is 45.3 Å². The van der Waals surface area contributed by atoms with Gasteiger partial charge in [0.2, 0.25) is 5.91 Å². The van der Waals surface area contributed by atoms with Gasteiger partial charge in [0, 0.05) is 65.3 Å². The van der Waals surface area contributed by atoms with Crippen molar-refractivity contribution in [3.05, 3.63) is 0 Å². The second-order valence-corrected chi connectivity index (χ2v) is 11.9. The second kappa shape index (κ2) is 18.4. The van der Waals surface area contributed by atoms with Gasteiger partial charge in [0.15, 0.2) is 0 Å². The Bertz CT molecular complexity index is 973. The number of carboxylic acids is 4. The summed E-state index contributed by atoms with van der Waals surface area (Å²) in [4.78, 5) is 103. The predicted octanol–water partition coefficient (Wildman–Crippen LogP) is -11.6. The molecule has 0 aliphatic heterocycles. The Hall–Kier alpha value is -1.19. The first-order valence-corrected chi connectivity index (χ1v) is 13.8. The zero-order valence-corrected chi connectivity index (χ0v) is 24.5. The average Bonchev–Trinajstić information content (AvgIpc) is 2.72. The number of rotatable bonds is 21. The molecule has 23 heteroatoms. The summed E-state index contributed by atoms with van der Waals surface area (Å²) in [6.45, 7) is -6.42. The van der Waals surface area contributed by atoms with Crippen LogP contribution in [-0.4, -0.2) is 120 Å². The molecule has 0 aliphatic rings. The molecule has 0 aliphatic carbocycles. The van der Waals surface area contributed by atoms with Gasteiger partial charge >= 0.3 is 47.1 Å². The van der Waals surface area contributed by atoms with E-state index in [9.17, 15) is 78.2 Å². The fourth-order valence-corrected chi connectivity index (χ4v) is 5.02. The Kier molecular flexibility index (Phi) is 18.8. The third kappa shape index (κ3) is 16.3. The largest absolute Gasteiger partial charge is 3.00 e. The van der Waals surface area contributed by atoms with E-state index in [1.165, 1.54) is 0 Å². The maximum Gasteiger partial charge on any atom is 3.00 e. The van der Waals surface area contributed by atoms with Crippen LogP contribution in [0.2, 0.25) is 0 Å². The molecule has 0 spiro atoms. The zero-order chi connectivity index (χ0) is 30.6. The summed E-state index contributed by atoms with van der Waals surface area (Å²) in [7, 11) is -12.8. The van der Waals surface area contributed by atoms with Gasteiger partial charge in [-0.05, 0) is 15.2 Å². The van der Waals surface area contributed by atoms with E-state index in [0.717, 1.165) is 14.7 Å². The number of hydrogen-bond donors (Lipinski definition) is 2. The van der Waals surface area contributed by atoms with Crippen molar-refractivity contribution in [1.82, 2.24) is 20.0 Å². The Morgan fingerprint density at radius 3 is 1.27 bits per heavy atom. The Morgan fingerprint density at radius 2 is 0.950 bits per heavy atom. The first-order valence-electron chi connectivity index (χ1n) is 10.7. The van der Waals surface area contributed by atoms with Crippen LogP contribution in [0.3, 0.4) is 0 Å². The number of nitrogens with one attached hydrogen (secondary N) is 1. The average molecular weight is 765 g/mol. The molecule has 1 radical (unpaired) electrons. The van der Waals surface area contributed by atoms with Crippen molar-refractivity contribution in [3.8, 4) is 0 Å². The van der Waals surface area contributed by atoms with Crippen molar-refractivity contribution in [1.29, 1.82) is 0 Å². The Balaban J connectivity index is -0.000000481. The number of carboxylic acid groups (broad SMARTS) is 4. The first kappa shape index (κ1) is 41.0. The monoisotopic (exact) mass is 765 g/mol. The van der Waals surface area contributed by atoms with E-state index in [1.807, 2.05) is 5.32 Å². The molecule has 0 atom stereocenters. The Labute approximate surface area is 266 Å². The van der Waals surface area contributed by atoms with Crippen LogP contribution in [0.15, 0.2) is 0 Å². The summed E-state index contributed by atoms with van der Waals surface area (Å²) >= 11 is 0. The van der Waals surface area contributed by atoms with Gasteiger partial charge in [0.25, 0.3) is 0 Å².